The number of rotatable bonds is 5. The molecule has 17 heavy (non-hydrogen) atoms. The molecule has 0 saturated heterocycles. The zero-order valence-electron chi connectivity index (χ0n) is 9.36. The second-order valence-corrected chi connectivity index (χ2v) is 3.98. The van der Waals surface area contributed by atoms with Crippen molar-refractivity contribution in [2.75, 3.05) is 0 Å². The minimum atomic E-state index is -0.775. The van der Waals surface area contributed by atoms with Gasteiger partial charge in [0, 0.05) is 31.3 Å². The fraction of sp³-hybridized carbons (Fsp3) is 0.231. The van der Waals surface area contributed by atoms with Crippen molar-refractivity contribution >= 4 is 5.97 Å². The van der Waals surface area contributed by atoms with E-state index in [1.807, 2.05) is 41.2 Å². The highest BCUT2D eigenvalue weighted by Crippen LogP contribution is 2.11. The maximum absolute atomic E-state index is 11.2. The molecule has 1 atom stereocenters. The lowest BCUT2D eigenvalue weighted by Crippen LogP contribution is -2.21. The van der Waals surface area contributed by atoms with E-state index in [1.54, 1.807) is 12.4 Å². The Kier molecular flexibility index (Phi) is 3.55. The van der Waals surface area contributed by atoms with Crippen molar-refractivity contribution in [3.8, 4) is 0 Å². The first-order chi connectivity index (χ1) is 8.25. The molecule has 1 unspecified atom stereocenters. The van der Waals surface area contributed by atoms with Gasteiger partial charge in [0.2, 0.25) is 0 Å². The molecule has 1 N–H and O–H groups in total. The first kappa shape index (κ1) is 11.4. The topological polar surface area (TPSA) is 55.1 Å². The fourth-order valence-corrected chi connectivity index (χ4v) is 1.78. The summed E-state index contributed by atoms with van der Waals surface area (Å²) in [7, 11) is 0. The van der Waals surface area contributed by atoms with Crippen molar-refractivity contribution in [2.45, 2.75) is 13.0 Å². The van der Waals surface area contributed by atoms with Gasteiger partial charge in [0.25, 0.3) is 0 Å². The summed E-state index contributed by atoms with van der Waals surface area (Å²) in [5, 5.41) is 9.20. The van der Waals surface area contributed by atoms with Crippen LogP contribution < -0.4 is 0 Å². The third-order valence-electron chi connectivity index (χ3n) is 2.65. The fourth-order valence-electron chi connectivity index (χ4n) is 1.78. The molecular weight excluding hydrogens is 216 g/mol. The van der Waals surface area contributed by atoms with Crippen LogP contribution in [0.15, 0.2) is 49.1 Å². The van der Waals surface area contributed by atoms with Crippen LogP contribution in [0.3, 0.4) is 0 Å². The van der Waals surface area contributed by atoms with E-state index in [-0.39, 0.29) is 0 Å². The van der Waals surface area contributed by atoms with Gasteiger partial charge in [0.1, 0.15) is 0 Å². The van der Waals surface area contributed by atoms with Crippen molar-refractivity contribution < 1.29 is 9.90 Å². The number of pyridine rings is 1. The van der Waals surface area contributed by atoms with Crippen LogP contribution in [0.25, 0.3) is 0 Å². The van der Waals surface area contributed by atoms with Gasteiger partial charge >= 0.3 is 5.97 Å². The van der Waals surface area contributed by atoms with Gasteiger partial charge in [0.05, 0.1) is 5.92 Å². The summed E-state index contributed by atoms with van der Waals surface area (Å²) < 4.78 is 1.88. The van der Waals surface area contributed by atoms with E-state index < -0.39 is 11.9 Å². The summed E-state index contributed by atoms with van der Waals surface area (Å²) in [4.78, 5) is 15.2. The normalized spacial score (nSPS) is 12.2. The third kappa shape index (κ3) is 3.17. The third-order valence-corrected chi connectivity index (χ3v) is 2.65. The van der Waals surface area contributed by atoms with Crippen molar-refractivity contribution in [3.05, 3.63) is 54.6 Å². The summed E-state index contributed by atoms with van der Waals surface area (Å²) >= 11 is 0. The van der Waals surface area contributed by atoms with Gasteiger partial charge in [-0.25, -0.2) is 0 Å². The quantitative estimate of drug-likeness (QED) is 0.852. The van der Waals surface area contributed by atoms with Crippen LogP contribution in [-0.2, 0) is 17.8 Å². The lowest BCUT2D eigenvalue weighted by Gasteiger charge is -2.13. The first-order valence-electron chi connectivity index (χ1n) is 5.48. The van der Waals surface area contributed by atoms with Crippen molar-refractivity contribution in [1.82, 2.24) is 9.55 Å². The van der Waals surface area contributed by atoms with E-state index in [9.17, 15) is 9.90 Å². The molecule has 4 heteroatoms. The number of carboxylic acid groups (broad SMARTS) is 1. The molecule has 2 aromatic heterocycles. The zero-order chi connectivity index (χ0) is 12.1. The molecule has 0 fully saturated rings. The number of aromatic nitrogens is 2. The van der Waals surface area contributed by atoms with Crippen molar-refractivity contribution in [2.24, 2.45) is 5.92 Å². The highest BCUT2D eigenvalue weighted by Gasteiger charge is 2.18. The van der Waals surface area contributed by atoms with Crippen LogP contribution in [0.4, 0.5) is 0 Å². The number of hydrogen-bond acceptors (Lipinski definition) is 2. The van der Waals surface area contributed by atoms with Crippen LogP contribution in [0.5, 0.6) is 0 Å². The Bertz CT molecular complexity index is 465. The van der Waals surface area contributed by atoms with Crippen molar-refractivity contribution in [3.63, 3.8) is 0 Å². The Balaban J connectivity index is 2.06. The SMILES string of the molecule is O=C(O)C(Cc1cccnc1)Cn1cccc1. The highest BCUT2D eigenvalue weighted by molar-refractivity contribution is 5.70. The van der Waals surface area contributed by atoms with Crippen LogP contribution in [0, 0.1) is 5.92 Å². The molecule has 0 spiro atoms. The first-order valence-corrected chi connectivity index (χ1v) is 5.48. The Labute approximate surface area is 99.5 Å². The average Bonchev–Trinajstić information content (AvgIpc) is 2.82. The Morgan fingerprint density at radius 2 is 2.12 bits per heavy atom. The number of carbonyl (C=O) groups is 1. The molecule has 0 aliphatic heterocycles. The molecule has 4 nitrogen and oxygen atoms in total. The molecule has 2 aromatic rings. The maximum Gasteiger partial charge on any atom is 0.308 e. The molecule has 0 bridgehead atoms. The molecule has 2 heterocycles. The monoisotopic (exact) mass is 230 g/mol. The van der Waals surface area contributed by atoms with Crippen LogP contribution in [0.1, 0.15) is 5.56 Å². The Morgan fingerprint density at radius 1 is 1.35 bits per heavy atom. The molecule has 0 aliphatic rings. The summed E-state index contributed by atoms with van der Waals surface area (Å²) in [6, 6.07) is 7.51. The minimum absolute atomic E-state index is 0.424. The van der Waals surface area contributed by atoms with E-state index >= 15 is 0 Å². The molecule has 88 valence electrons. The Morgan fingerprint density at radius 3 is 2.71 bits per heavy atom. The zero-order valence-corrected chi connectivity index (χ0v) is 9.36. The van der Waals surface area contributed by atoms with Gasteiger partial charge in [-0.1, -0.05) is 6.07 Å². The van der Waals surface area contributed by atoms with E-state index in [0.29, 0.717) is 13.0 Å². The van der Waals surface area contributed by atoms with Gasteiger partial charge in [0.15, 0.2) is 0 Å². The van der Waals surface area contributed by atoms with Crippen LogP contribution >= 0.6 is 0 Å². The van der Waals surface area contributed by atoms with Crippen molar-refractivity contribution in [1.29, 1.82) is 0 Å². The molecule has 0 saturated carbocycles. The van der Waals surface area contributed by atoms with Gasteiger partial charge < -0.3 is 9.67 Å². The lowest BCUT2D eigenvalue weighted by molar-refractivity contribution is -0.142. The predicted molar refractivity (Wildman–Crippen MR) is 63.5 cm³/mol. The van der Waals surface area contributed by atoms with Crippen LogP contribution in [0.2, 0.25) is 0 Å². The molecular formula is C13H14N2O2. The van der Waals surface area contributed by atoms with Gasteiger partial charge in [-0.15, -0.1) is 0 Å². The predicted octanol–water partition coefficient (Wildman–Crippen LogP) is 1.83. The number of hydrogen-bond donors (Lipinski definition) is 1. The lowest BCUT2D eigenvalue weighted by atomic mass is 10.0. The van der Waals surface area contributed by atoms with Crippen LogP contribution in [-0.4, -0.2) is 20.6 Å². The van der Waals surface area contributed by atoms with Gasteiger partial charge in [-0.05, 0) is 30.2 Å². The molecule has 0 radical (unpaired) electrons. The standard InChI is InChI=1S/C13H14N2O2/c16-13(17)12(10-15-6-1-2-7-15)8-11-4-3-5-14-9-11/h1-7,9,12H,8,10H2,(H,16,17). The van der Waals surface area contributed by atoms with Gasteiger partial charge in [-0.2, -0.15) is 0 Å². The summed E-state index contributed by atoms with van der Waals surface area (Å²) in [6.45, 7) is 0.483. The summed E-state index contributed by atoms with van der Waals surface area (Å²) in [5.41, 5.74) is 0.951. The second-order valence-electron chi connectivity index (χ2n) is 3.98. The number of nitrogens with zero attached hydrogens (tertiary/aromatic N) is 2. The van der Waals surface area contributed by atoms with E-state index in [4.69, 9.17) is 0 Å². The molecule has 0 aromatic carbocycles. The minimum Gasteiger partial charge on any atom is -0.481 e. The largest absolute Gasteiger partial charge is 0.481 e. The molecule has 0 amide bonds. The van der Waals surface area contributed by atoms with E-state index in [1.165, 1.54) is 0 Å². The average molecular weight is 230 g/mol. The smallest absolute Gasteiger partial charge is 0.308 e. The Hall–Kier alpha value is -2.10. The maximum atomic E-state index is 11.2. The summed E-state index contributed by atoms with van der Waals surface area (Å²) in [5.74, 6) is -1.20. The molecule has 2 rings (SSSR count). The van der Waals surface area contributed by atoms with E-state index in [2.05, 4.69) is 4.98 Å². The molecule has 0 aliphatic carbocycles. The summed E-state index contributed by atoms with van der Waals surface area (Å²) in [6.07, 6.45) is 7.65. The van der Waals surface area contributed by atoms with E-state index in [0.717, 1.165) is 5.56 Å². The van der Waals surface area contributed by atoms with Gasteiger partial charge in [-0.3, -0.25) is 9.78 Å². The number of carboxylic acids is 1. The highest BCUT2D eigenvalue weighted by atomic mass is 16.4. The number of aliphatic carboxylic acids is 1. The second kappa shape index (κ2) is 5.30.